The maximum absolute atomic E-state index is 12.8. The van der Waals surface area contributed by atoms with Crippen LogP contribution in [0.25, 0.3) is 0 Å². The molecule has 14 heavy (non-hydrogen) atoms. The highest BCUT2D eigenvalue weighted by Gasteiger charge is 1.97. The van der Waals surface area contributed by atoms with Crippen molar-refractivity contribution in [1.29, 1.82) is 0 Å². The predicted molar refractivity (Wildman–Crippen MR) is 50.2 cm³/mol. The van der Waals surface area contributed by atoms with Gasteiger partial charge in [-0.2, -0.15) is 0 Å². The molecule has 0 fully saturated rings. The van der Waals surface area contributed by atoms with Crippen LogP contribution in [0.4, 0.5) is 10.1 Å². The number of halogens is 1. The highest BCUT2D eigenvalue weighted by molar-refractivity contribution is 5.43. The lowest BCUT2D eigenvalue weighted by atomic mass is 10.3. The summed E-state index contributed by atoms with van der Waals surface area (Å²) in [5.41, 5.74) is 0.724. The molecular formula is C10H9FN2O. The lowest BCUT2D eigenvalue weighted by molar-refractivity contribution is 0.511. The third-order valence-electron chi connectivity index (χ3n) is 1.77. The summed E-state index contributed by atoms with van der Waals surface area (Å²) in [6.45, 7) is 0.503. The van der Waals surface area contributed by atoms with E-state index >= 15 is 0 Å². The standard InChI is InChI=1S/C10H9FN2O/c11-8-2-1-3-9(4-8)13-6-10-5-12-7-14-10/h1-5,7,13H,6H2. The molecule has 0 spiro atoms. The normalized spacial score (nSPS) is 10.1. The molecule has 0 aliphatic carbocycles. The van der Waals surface area contributed by atoms with Crippen molar-refractivity contribution in [3.63, 3.8) is 0 Å². The minimum Gasteiger partial charge on any atom is -0.447 e. The molecule has 4 heteroatoms. The lowest BCUT2D eigenvalue weighted by Crippen LogP contribution is -1.97. The Hall–Kier alpha value is -1.84. The molecule has 2 rings (SSSR count). The number of nitrogens with one attached hydrogen (secondary N) is 1. The second-order valence-corrected chi connectivity index (χ2v) is 2.83. The molecule has 0 aliphatic rings. The Morgan fingerprint density at radius 1 is 1.43 bits per heavy atom. The molecule has 0 saturated heterocycles. The Bertz CT molecular complexity index is 400. The molecule has 0 aliphatic heterocycles. The molecule has 1 aromatic carbocycles. The average molecular weight is 192 g/mol. The van der Waals surface area contributed by atoms with E-state index in [1.807, 2.05) is 0 Å². The molecule has 1 N–H and O–H groups in total. The Morgan fingerprint density at radius 3 is 3.07 bits per heavy atom. The van der Waals surface area contributed by atoms with Gasteiger partial charge in [0.25, 0.3) is 0 Å². The number of hydrogen-bond donors (Lipinski definition) is 1. The van der Waals surface area contributed by atoms with Crippen LogP contribution in [-0.2, 0) is 6.54 Å². The van der Waals surface area contributed by atoms with Gasteiger partial charge in [0.1, 0.15) is 11.6 Å². The quantitative estimate of drug-likeness (QED) is 0.811. The minimum atomic E-state index is -0.257. The fourth-order valence-electron chi connectivity index (χ4n) is 1.12. The van der Waals surface area contributed by atoms with Crippen molar-refractivity contribution in [2.45, 2.75) is 6.54 Å². The number of anilines is 1. The van der Waals surface area contributed by atoms with Gasteiger partial charge in [-0.1, -0.05) is 6.07 Å². The first-order valence-corrected chi connectivity index (χ1v) is 4.21. The van der Waals surface area contributed by atoms with Crippen LogP contribution in [-0.4, -0.2) is 4.98 Å². The van der Waals surface area contributed by atoms with E-state index in [2.05, 4.69) is 10.3 Å². The van der Waals surface area contributed by atoms with Gasteiger partial charge < -0.3 is 9.73 Å². The molecule has 0 atom stereocenters. The SMILES string of the molecule is Fc1cccc(NCc2cnco2)c1. The predicted octanol–water partition coefficient (Wildman–Crippen LogP) is 2.43. The zero-order chi connectivity index (χ0) is 9.80. The average Bonchev–Trinajstić information content (AvgIpc) is 2.67. The number of oxazole rings is 1. The van der Waals surface area contributed by atoms with Gasteiger partial charge in [-0.15, -0.1) is 0 Å². The molecule has 1 heterocycles. The van der Waals surface area contributed by atoms with Crippen LogP contribution >= 0.6 is 0 Å². The molecule has 0 radical (unpaired) electrons. The molecule has 2 aromatic rings. The van der Waals surface area contributed by atoms with Gasteiger partial charge in [0.2, 0.25) is 0 Å². The molecular weight excluding hydrogens is 183 g/mol. The smallest absolute Gasteiger partial charge is 0.180 e. The van der Waals surface area contributed by atoms with Crippen molar-refractivity contribution < 1.29 is 8.81 Å². The summed E-state index contributed by atoms with van der Waals surface area (Å²) in [6, 6.07) is 6.27. The Balaban J connectivity index is 1.98. The van der Waals surface area contributed by atoms with E-state index < -0.39 is 0 Å². The summed E-state index contributed by atoms with van der Waals surface area (Å²) >= 11 is 0. The zero-order valence-corrected chi connectivity index (χ0v) is 7.40. The Kier molecular flexibility index (Phi) is 2.44. The van der Waals surface area contributed by atoms with Crippen molar-refractivity contribution in [1.82, 2.24) is 4.98 Å². The van der Waals surface area contributed by atoms with Crippen molar-refractivity contribution in [3.8, 4) is 0 Å². The number of aromatic nitrogens is 1. The van der Waals surface area contributed by atoms with Crippen LogP contribution < -0.4 is 5.32 Å². The highest BCUT2D eigenvalue weighted by Crippen LogP contribution is 2.10. The van der Waals surface area contributed by atoms with Gasteiger partial charge in [-0.3, -0.25) is 0 Å². The first-order chi connectivity index (χ1) is 6.84. The van der Waals surface area contributed by atoms with Crippen LogP contribution in [0.1, 0.15) is 5.76 Å². The molecule has 72 valence electrons. The number of benzene rings is 1. The van der Waals surface area contributed by atoms with Crippen molar-refractivity contribution in [3.05, 3.63) is 48.4 Å². The van der Waals surface area contributed by atoms with Crippen molar-refractivity contribution >= 4 is 5.69 Å². The number of nitrogens with zero attached hydrogens (tertiary/aromatic N) is 1. The first kappa shape index (κ1) is 8.74. The van der Waals surface area contributed by atoms with Gasteiger partial charge in [0.05, 0.1) is 12.7 Å². The molecule has 3 nitrogen and oxygen atoms in total. The summed E-state index contributed by atoms with van der Waals surface area (Å²) in [6.07, 6.45) is 2.98. The fraction of sp³-hybridized carbons (Fsp3) is 0.100. The number of rotatable bonds is 3. The van der Waals surface area contributed by atoms with E-state index in [9.17, 15) is 4.39 Å². The van der Waals surface area contributed by atoms with Gasteiger partial charge in [-0.25, -0.2) is 9.37 Å². The van der Waals surface area contributed by atoms with Gasteiger partial charge >= 0.3 is 0 Å². The van der Waals surface area contributed by atoms with E-state index in [0.29, 0.717) is 12.3 Å². The zero-order valence-electron chi connectivity index (χ0n) is 7.40. The van der Waals surface area contributed by atoms with Crippen LogP contribution in [0.2, 0.25) is 0 Å². The largest absolute Gasteiger partial charge is 0.447 e. The molecule has 0 amide bonds. The second-order valence-electron chi connectivity index (χ2n) is 2.83. The van der Waals surface area contributed by atoms with Crippen molar-refractivity contribution in [2.75, 3.05) is 5.32 Å². The van der Waals surface area contributed by atoms with E-state index in [1.165, 1.54) is 18.5 Å². The summed E-state index contributed by atoms with van der Waals surface area (Å²) in [4.78, 5) is 3.77. The van der Waals surface area contributed by atoms with E-state index in [0.717, 1.165) is 5.69 Å². The topological polar surface area (TPSA) is 38.1 Å². The third-order valence-corrected chi connectivity index (χ3v) is 1.77. The van der Waals surface area contributed by atoms with E-state index in [1.54, 1.807) is 18.3 Å². The van der Waals surface area contributed by atoms with Gasteiger partial charge in [-0.05, 0) is 18.2 Å². The highest BCUT2D eigenvalue weighted by atomic mass is 19.1. The summed E-state index contributed by atoms with van der Waals surface area (Å²) in [5.74, 6) is 0.460. The second kappa shape index (κ2) is 3.91. The lowest BCUT2D eigenvalue weighted by Gasteiger charge is -2.02. The van der Waals surface area contributed by atoms with Crippen molar-refractivity contribution in [2.24, 2.45) is 0 Å². The molecule has 1 aromatic heterocycles. The summed E-state index contributed by atoms with van der Waals surface area (Å²) in [5, 5.41) is 3.01. The minimum absolute atomic E-state index is 0.257. The summed E-state index contributed by atoms with van der Waals surface area (Å²) < 4.78 is 17.8. The third kappa shape index (κ3) is 2.10. The van der Waals surface area contributed by atoms with Crippen LogP contribution in [0, 0.1) is 5.82 Å². The van der Waals surface area contributed by atoms with E-state index in [4.69, 9.17) is 4.42 Å². The maximum Gasteiger partial charge on any atom is 0.180 e. The fourth-order valence-corrected chi connectivity index (χ4v) is 1.12. The van der Waals surface area contributed by atoms with Crippen LogP contribution in [0.5, 0.6) is 0 Å². The monoisotopic (exact) mass is 192 g/mol. The first-order valence-electron chi connectivity index (χ1n) is 4.21. The Labute approximate surface area is 80.6 Å². The van der Waals surface area contributed by atoms with Crippen LogP contribution in [0.15, 0.2) is 41.3 Å². The number of hydrogen-bond acceptors (Lipinski definition) is 3. The summed E-state index contributed by atoms with van der Waals surface area (Å²) in [7, 11) is 0. The molecule has 0 saturated carbocycles. The maximum atomic E-state index is 12.8. The Morgan fingerprint density at radius 2 is 2.36 bits per heavy atom. The van der Waals surface area contributed by atoms with Gasteiger partial charge in [0.15, 0.2) is 6.39 Å². The molecule has 0 bridgehead atoms. The van der Waals surface area contributed by atoms with E-state index in [-0.39, 0.29) is 5.82 Å². The molecule has 0 unspecified atom stereocenters. The van der Waals surface area contributed by atoms with Crippen LogP contribution in [0.3, 0.4) is 0 Å². The van der Waals surface area contributed by atoms with Gasteiger partial charge in [0, 0.05) is 5.69 Å².